The van der Waals surface area contributed by atoms with Gasteiger partial charge in [-0.1, -0.05) is 6.07 Å². The van der Waals surface area contributed by atoms with Crippen molar-refractivity contribution in [2.45, 2.75) is 12.5 Å². The van der Waals surface area contributed by atoms with E-state index < -0.39 is 11.0 Å². The smallest absolute Gasteiger partial charge is 0.311 e. The monoisotopic (exact) mass is 221 g/mol. The summed E-state index contributed by atoms with van der Waals surface area (Å²) >= 11 is 0. The molecule has 0 unspecified atom stereocenters. The Labute approximate surface area is 92.4 Å². The maximum absolute atomic E-state index is 10.7. The Morgan fingerprint density at radius 3 is 2.88 bits per heavy atom. The molecule has 1 rings (SSSR count). The Morgan fingerprint density at radius 1 is 1.69 bits per heavy atom. The normalized spacial score (nSPS) is 11.6. The van der Waals surface area contributed by atoms with Crippen molar-refractivity contribution in [1.29, 1.82) is 5.26 Å². The van der Waals surface area contributed by atoms with Crippen LogP contribution in [0.5, 0.6) is 5.75 Å². The van der Waals surface area contributed by atoms with Gasteiger partial charge < -0.3 is 10.5 Å². The molecule has 0 aliphatic carbocycles. The largest absolute Gasteiger partial charge is 0.490 e. The summed E-state index contributed by atoms with van der Waals surface area (Å²) < 4.78 is 4.85. The molecule has 0 amide bonds. The molecular weight excluding hydrogens is 210 g/mol. The molecule has 1 aromatic rings. The lowest BCUT2D eigenvalue weighted by molar-refractivity contribution is -0.385. The zero-order valence-electron chi connectivity index (χ0n) is 8.71. The van der Waals surface area contributed by atoms with Gasteiger partial charge in [-0.15, -0.1) is 0 Å². The molecule has 84 valence electrons. The molecule has 0 aromatic heterocycles. The Kier molecular flexibility index (Phi) is 3.80. The van der Waals surface area contributed by atoms with E-state index in [1.807, 2.05) is 6.07 Å². The van der Waals surface area contributed by atoms with Gasteiger partial charge in [-0.2, -0.15) is 5.26 Å². The summed E-state index contributed by atoms with van der Waals surface area (Å²) in [5.74, 6) is 0.179. The summed E-state index contributed by atoms with van der Waals surface area (Å²) in [6, 6.07) is 5.83. The van der Waals surface area contributed by atoms with Crippen molar-refractivity contribution in [3.8, 4) is 11.8 Å². The fourth-order valence-electron chi connectivity index (χ4n) is 1.30. The standard InChI is InChI=1S/C10H11N3O3/c1-16-10-3-2-7(8(12)4-5-11)6-9(10)13(14)15/h2-3,6,8H,4,12H2,1H3/t8-/m1/s1. The van der Waals surface area contributed by atoms with Crippen molar-refractivity contribution < 1.29 is 9.66 Å². The maximum Gasteiger partial charge on any atom is 0.311 e. The zero-order valence-corrected chi connectivity index (χ0v) is 8.71. The third-order valence-corrected chi connectivity index (χ3v) is 2.14. The fourth-order valence-corrected chi connectivity index (χ4v) is 1.30. The summed E-state index contributed by atoms with van der Waals surface area (Å²) in [5.41, 5.74) is 6.09. The third-order valence-electron chi connectivity index (χ3n) is 2.14. The molecule has 0 saturated carbocycles. The number of nitrogens with two attached hydrogens (primary N) is 1. The Hall–Kier alpha value is -2.13. The van der Waals surface area contributed by atoms with E-state index >= 15 is 0 Å². The highest BCUT2D eigenvalue weighted by Crippen LogP contribution is 2.29. The Morgan fingerprint density at radius 2 is 2.38 bits per heavy atom. The number of benzene rings is 1. The van der Waals surface area contributed by atoms with Crippen LogP contribution in [0, 0.1) is 21.4 Å². The van der Waals surface area contributed by atoms with Crippen molar-refractivity contribution in [3.63, 3.8) is 0 Å². The van der Waals surface area contributed by atoms with E-state index in [4.69, 9.17) is 15.7 Å². The number of nitriles is 1. The molecular formula is C10H11N3O3. The molecule has 1 aromatic carbocycles. The molecule has 6 heteroatoms. The van der Waals surface area contributed by atoms with Crippen LogP contribution in [0.15, 0.2) is 18.2 Å². The molecule has 0 saturated heterocycles. The summed E-state index contributed by atoms with van der Waals surface area (Å²) in [7, 11) is 1.36. The van der Waals surface area contributed by atoms with E-state index in [-0.39, 0.29) is 17.9 Å². The van der Waals surface area contributed by atoms with E-state index in [2.05, 4.69) is 0 Å². The van der Waals surface area contributed by atoms with Gasteiger partial charge in [-0.05, 0) is 11.6 Å². The van der Waals surface area contributed by atoms with Crippen molar-refractivity contribution in [3.05, 3.63) is 33.9 Å². The lowest BCUT2D eigenvalue weighted by Gasteiger charge is -2.09. The van der Waals surface area contributed by atoms with Crippen LogP contribution in [-0.2, 0) is 0 Å². The summed E-state index contributed by atoms with van der Waals surface area (Å²) in [6.45, 7) is 0. The predicted molar refractivity (Wildman–Crippen MR) is 56.8 cm³/mol. The number of hydrogen-bond donors (Lipinski definition) is 1. The SMILES string of the molecule is COc1ccc([C@H](N)CC#N)cc1[N+](=O)[O-]. The van der Waals surface area contributed by atoms with E-state index in [1.54, 1.807) is 6.07 Å². The topological polar surface area (TPSA) is 102 Å². The highest BCUT2D eigenvalue weighted by Gasteiger charge is 2.17. The van der Waals surface area contributed by atoms with Gasteiger partial charge in [0.05, 0.1) is 24.5 Å². The van der Waals surface area contributed by atoms with Crippen LogP contribution in [0.25, 0.3) is 0 Å². The first-order valence-electron chi connectivity index (χ1n) is 4.55. The van der Waals surface area contributed by atoms with Crippen LogP contribution in [0.4, 0.5) is 5.69 Å². The number of rotatable bonds is 4. The first-order valence-corrected chi connectivity index (χ1v) is 4.55. The van der Waals surface area contributed by atoms with E-state index in [0.29, 0.717) is 5.56 Å². The summed E-state index contributed by atoms with van der Waals surface area (Å²) in [4.78, 5) is 10.2. The van der Waals surface area contributed by atoms with E-state index in [1.165, 1.54) is 19.2 Å². The van der Waals surface area contributed by atoms with Crippen LogP contribution in [-0.4, -0.2) is 12.0 Å². The second-order valence-electron chi connectivity index (χ2n) is 3.16. The van der Waals surface area contributed by atoms with Gasteiger partial charge in [-0.25, -0.2) is 0 Å². The van der Waals surface area contributed by atoms with Crippen molar-refractivity contribution in [1.82, 2.24) is 0 Å². The summed E-state index contributed by atoms with van der Waals surface area (Å²) in [6.07, 6.45) is 0.115. The first-order chi connectivity index (χ1) is 7.60. The van der Waals surface area contributed by atoms with Crippen molar-refractivity contribution in [2.75, 3.05) is 7.11 Å². The number of methoxy groups -OCH3 is 1. The molecule has 0 bridgehead atoms. The van der Waals surface area contributed by atoms with Crippen molar-refractivity contribution >= 4 is 5.69 Å². The lowest BCUT2D eigenvalue weighted by Crippen LogP contribution is -2.09. The highest BCUT2D eigenvalue weighted by molar-refractivity contribution is 5.49. The molecule has 6 nitrogen and oxygen atoms in total. The maximum atomic E-state index is 10.7. The zero-order chi connectivity index (χ0) is 12.1. The minimum Gasteiger partial charge on any atom is -0.490 e. The minimum atomic E-state index is -0.540. The van der Waals surface area contributed by atoms with Gasteiger partial charge in [0, 0.05) is 12.1 Å². The number of nitro groups is 1. The molecule has 0 heterocycles. The third kappa shape index (κ3) is 2.46. The van der Waals surface area contributed by atoms with Crippen LogP contribution in [0.2, 0.25) is 0 Å². The van der Waals surface area contributed by atoms with Gasteiger partial charge >= 0.3 is 5.69 Å². The fraction of sp³-hybridized carbons (Fsp3) is 0.300. The molecule has 0 aliphatic heterocycles. The van der Waals surface area contributed by atoms with Gasteiger partial charge in [-0.3, -0.25) is 10.1 Å². The van der Waals surface area contributed by atoms with Crippen LogP contribution in [0.1, 0.15) is 18.0 Å². The van der Waals surface area contributed by atoms with Crippen molar-refractivity contribution in [2.24, 2.45) is 5.73 Å². The lowest BCUT2D eigenvalue weighted by atomic mass is 10.0. The second kappa shape index (κ2) is 5.09. The number of ether oxygens (including phenoxy) is 1. The minimum absolute atomic E-state index is 0.115. The molecule has 0 radical (unpaired) electrons. The average Bonchev–Trinajstić information content (AvgIpc) is 2.28. The summed E-state index contributed by atoms with van der Waals surface area (Å²) in [5, 5.41) is 19.2. The molecule has 0 aliphatic rings. The Bertz CT molecular complexity index is 439. The molecule has 1 atom stereocenters. The highest BCUT2D eigenvalue weighted by atomic mass is 16.6. The quantitative estimate of drug-likeness (QED) is 0.613. The molecule has 0 fully saturated rings. The predicted octanol–water partition coefficient (Wildman–Crippen LogP) is 1.52. The Balaban J connectivity index is 3.12. The molecule has 2 N–H and O–H groups in total. The van der Waals surface area contributed by atoms with Gasteiger partial charge in [0.25, 0.3) is 0 Å². The van der Waals surface area contributed by atoms with Crippen LogP contribution < -0.4 is 10.5 Å². The van der Waals surface area contributed by atoms with Gasteiger partial charge in [0.2, 0.25) is 0 Å². The van der Waals surface area contributed by atoms with Crippen LogP contribution >= 0.6 is 0 Å². The van der Waals surface area contributed by atoms with E-state index in [0.717, 1.165) is 0 Å². The number of nitrogens with zero attached hydrogens (tertiary/aromatic N) is 2. The first kappa shape index (κ1) is 11.9. The van der Waals surface area contributed by atoms with Gasteiger partial charge in [0.1, 0.15) is 0 Å². The van der Waals surface area contributed by atoms with E-state index in [9.17, 15) is 10.1 Å². The number of nitro benzene ring substituents is 1. The molecule has 16 heavy (non-hydrogen) atoms. The second-order valence-corrected chi connectivity index (χ2v) is 3.16. The number of hydrogen-bond acceptors (Lipinski definition) is 5. The average molecular weight is 221 g/mol. The van der Waals surface area contributed by atoms with Crippen LogP contribution in [0.3, 0.4) is 0 Å². The van der Waals surface area contributed by atoms with Gasteiger partial charge in [0.15, 0.2) is 5.75 Å². The molecule has 0 spiro atoms.